The molecule has 0 saturated carbocycles. The molecule has 1 aliphatic rings. The Morgan fingerprint density at radius 3 is 3.00 bits per heavy atom. The van der Waals surface area contributed by atoms with Gasteiger partial charge in [0, 0.05) is 29.6 Å². The minimum atomic E-state index is 0.476. The Hall–Kier alpha value is -0.250. The SMILES string of the molecule is CCC1CN(c2cc(Br)ccc2Cl)C(C)CN1. The summed E-state index contributed by atoms with van der Waals surface area (Å²) in [6, 6.07) is 7.08. The summed E-state index contributed by atoms with van der Waals surface area (Å²) < 4.78 is 1.08. The normalized spacial score (nSPS) is 25.1. The van der Waals surface area contributed by atoms with Crippen LogP contribution in [-0.2, 0) is 0 Å². The Labute approximate surface area is 116 Å². The first-order valence-electron chi connectivity index (χ1n) is 6.07. The van der Waals surface area contributed by atoms with Crippen LogP contribution in [-0.4, -0.2) is 25.2 Å². The molecule has 2 nitrogen and oxygen atoms in total. The average Bonchev–Trinajstić information content (AvgIpc) is 2.33. The van der Waals surface area contributed by atoms with E-state index in [4.69, 9.17) is 11.6 Å². The van der Waals surface area contributed by atoms with E-state index in [9.17, 15) is 0 Å². The van der Waals surface area contributed by atoms with Crippen molar-refractivity contribution in [3.63, 3.8) is 0 Å². The Kier molecular flexibility index (Phi) is 4.34. The molecule has 0 radical (unpaired) electrons. The lowest BCUT2D eigenvalue weighted by Crippen LogP contribution is -2.55. The van der Waals surface area contributed by atoms with Crippen molar-refractivity contribution in [2.75, 3.05) is 18.0 Å². The lowest BCUT2D eigenvalue weighted by atomic mass is 10.1. The quantitative estimate of drug-likeness (QED) is 0.895. The molecule has 0 amide bonds. The zero-order valence-electron chi connectivity index (χ0n) is 10.2. The summed E-state index contributed by atoms with van der Waals surface area (Å²) in [7, 11) is 0. The van der Waals surface area contributed by atoms with E-state index >= 15 is 0 Å². The first kappa shape index (κ1) is 13.2. The van der Waals surface area contributed by atoms with Crippen LogP contribution in [0.3, 0.4) is 0 Å². The van der Waals surface area contributed by atoms with Gasteiger partial charge in [-0.1, -0.05) is 34.5 Å². The van der Waals surface area contributed by atoms with Gasteiger partial charge in [0.1, 0.15) is 0 Å². The summed E-state index contributed by atoms with van der Waals surface area (Å²) in [6.45, 7) is 6.49. The fourth-order valence-electron chi connectivity index (χ4n) is 2.24. The van der Waals surface area contributed by atoms with Crippen molar-refractivity contribution in [3.05, 3.63) is 27.7 Å². The van der Waals surface area contributed by atoms with E-state index in [2.05, 4.69) is 46.1 Å². The predicted molar refractivity (Wildman–Crippen MR) is 78.0 cm³/mol. The first-order valence-corrected chi connectivity index (χ1v) is 7.24. The molecule has 1 heterocycles. The third-order valence-corrected chi connectivity index (χ3v) is 4.17. The summed E-state index contributed by atoms with van der Waals surface area (Å²) in [5.41, 5.74) is 1.13. The molecule has 4 heteroatoms. The summed E-state index contributed by atoms with van der Waals surface area (Å²) >= 11 is 9.82. The minimum Gasteiger partial charge on any atom is -0.365 e. The van der Waals surface area contributed by atoms with Crippen molar-refractivity contribution in [1.29, 1.82) is 0 Å². The third-order valence-electron chi connectivity index (χ3n) is 3.36. The van der Waals surface area contributed by atoms with Crippen LogP contribution in [0.15, 0.2) is 22.7 Å². The summed E-state index contributed by atoms with van der Waals surface area (Å²) in [4.78, 5) is 2.40. The Bertz CT molecular complexity index is 397. The highest BCUT2D eigenvalue weighted by Crippen LogP contribution is 2.31. The fraction of sp³-hybridized carbons (Fsp3) is 0.538. The molecule has 1 saturated heterocycles. The Morgan fingerprint density at radius 2 is 2.29 bits per heavy atom. The molecule has 1 N–H and O–H groups in total. The van der Waals surface area contributed by atoms with E-state index in [0.29, 0.717) is 12.1 Å². The zero-order chi connectivity index (χ0) is 12.4. The summed E-state index contributed by atoms with van der Waals surface area (Å²) in [5.74, 6) is 0. The van der Waals surface area contributed by atoms with Gasteiger partial charge < -0.3 is 10.2 Å². The Balaban J connectivity index is 2.27. The van der Waals surface area contributed by atoms with Crippen molar-refractivity contribution >= 4 is 33.2 Å². The lowest BCUT2D eigenvalue weighted by molar-refractivity contribution is 0.397. The molecule has 17 heavy (non-hydrogen) atoms. The van der Waals surface area contributed by atoms with Crippen LogP contribution in [0.2, 0.25) is 5.02 Å². The molecule has 94 valence electrons. The van der Waals surface area contributed by atoms with Gasteiger partial charge in [-0.3, -0.25) is 0 Å². The molecule has 2 rings (SSSR count). The first-order chi connectivity index (χ1) is 8.11. The predicted octanol–water partition coefficient (Wildman–Crippen LogP) is 3.68. The van der Waals surface area contributed by atoms with Gasteiger partial charge in [0.2, 0.25) is 0 Å². The second-order valence-corrected chi connectivity index (χ2v) is 5.93. The van der Waals surface area contributed by atoms with Gasteiger partial charge in [0.05, 0.1) is 10.7 Å². The van der Waals surface area contributed by atoms with Crippen molar-refractivity contribution in [3.8, 4) is 0 Å². The molecule has 0 spiro atoms. The van der Waals surface area contributed by atoms with Crippen LogP contribution >= 0.6 is 27.5 Å². The molecule has 0 bridgehead atoms. The molecular weight excluding hydrogens is 300 g/mol. The maximum absolute atomic E-state index is 6.30. The van der Waals surface area contributed by atoms with Gasteiger partial charge in [-0.2, -0.15) is 0 Å². The van der Waals surface area contributed by atoms with Crippen LogP contribution in [0, 0.1) is 0 Å². The largest absolute Gasteiger partial charge is 0.365 e. The number of halogens is 2. The van der Waals surface area contributed by atoms with Crippen molar-refractivity contribution < 1.29 is 0 Å². The molecule has 2 unspecified atom stereocenters. The second-order valence-electron chi connectivity index (χ2n) is 4.61. The second kappa shape index (κ2) is 5.59. The Morgan fingerprint density at radius 1 is 1.53 bits per heavy atom. The minimum absolute atomic E-state index is 0.476. The zero-order valence-corrected chi connectivity index (χ0v) is 12.6. The highest BCUT2D eigenvalue weighted by atomic mass is 79.9. The van der Waals surface area contributed by atoms with E-state index in [0.717, 1.165) is 34.7 Å². The lowest BCUT2D eigenvalue weighted by Gasteiger charge is -2.40. The van der Waals surface area contributed by atoms with Crippen molar-refractivity contribution in [2.45, 2.75) is 32.4 Å². The smallest absolute Gasteiger partial charge is 0.0640 e. The number of hydrogen-bond acceptors (Lipinski definition) is 2. The number of hydrogen-bond donors (Lipinski definition) is 1. The van der Waals surface area contributed by atoms with E-state index in [-0.39, 0.29) is 0 Å². The summed E-state index contributed by atoms with van der Waals surface area (Å²) in [6.07, 6.45) is 1.15. The van der Waals surface area contributed by atoms with Crippen LogP contribution in [0.25, 0.3) is 0 Å². The maximum Gasteiger partial charge on any atom is 0.0640 e. The standard InChI is InChI=1S/C13H18BrClN2/c1-3-11-8-17(9(2)7-16-11)13-6-10(14)4-5-12(13)15/h4-6,9,11,16H,3,7-8H2,1-2H3. The molecule has 1 aliphatic heterocycles. The fourth-order valence-corrected chi connectivity index (χ4v) is 2.82. The van der Waals surface area contributed by atoms with Gasteiger partial charge in [-0.25, -0.2) is 0 Å². The van der Waals surface area contributed by atoms with Gasteiger partial charge in [0.15, 0.2) is 0 Å². The third kappa shape index (κ3) is 2.95. The molecule has 1 fully saturated rings. The van der Waals surface area contributed by atoms with E-state index in [1.807, 2.05) is 12.1 Å². The number of nitrogens with one attached hydrogen (secondary N) is 1. The van der Waals surface area contributed by atoms with Crippen molar-refractivity contribution in [2.24, 2.45) is 0 Å². The van der Waals surface area contributed by atoms with E-state index in [1.54, 1.807) is 0 Å². The van der Waals surface area contributed by atoms with Crippen LogP contribution in [0.1, 0.15) is 20.3 Å². The maximum atomic E-state index is 6.30. The molecule has 1 aromatic rings. The number of anilines is 1. The van der Waals surface area contributed by atoms with Crippen LogP contribution < -0.4 is 10.2 Å². The number of piperazine rings is 1. The average molecular weight is 318 g/mol. The topological polar surface area (TPSA) is 15.3 Å². The number of nitrogens with zero attached hydrogens (tertiary/aromatic N) is 1. The van der Waals surface area contributed by atoms with Gasteiger partial charge in [-0.05, 0) is 31.5 Å². The molecule has 2 atom stereocenters. The van der Waals surface area contributed by atoms with E-state index in [1.165, 1.54) is 0 Å². The van der Waals surface area contributed by atoms with Gasteiger partial charge >= 0.3 is 0 Å². The number of benzene rings is 1. The molecule has 0 aliphatic carbocycles. The number of rotatable bonds is 2. The summed E-state index contributed by atoms with van der Waals surface area (Å²) in [5, 5.41) is 4.39. The highest BCUT2D eigenvalue weighted by molar-refractivity contribution is 9.10. The molecule has 1 aromatic carbocycles. The monoisotopic (exact) mass is 316 g/mol. The molecule has 0 aromatic heterocycles. The highest BCUT2D eigenvalue weighted by Gasteiger charge is 2.25. The van der Waals surface area contributed by atoms with Gasteiger partial charge in [-0.15, -0.1) is 0 Å². The van der Waals surface area contributed by atoms with Crippen molar-refractivity contribution in [1.82, 2.24) is 5.32 Å². The van der Waals surface area contributed by atoms with E-state index < -0.39 is 0 Å². The van der Waals surface area contributed by atoms with Crippen LogP contribution in [0.4, 0.5) is 5.69 Å². The molecular formula is C13H18BrClN2. The van der Waals surface area contributed by atoms with Crippen LogP contribution in [0.5, 0.6) is 0 Å². The van der Waals surface area contributed by atoms with Gasteiger partial charge in [0.25, 0.3) is 0 Å².